The van der Waals surface area contributed by atoms with Crippen LogP contribution in [0.5, 0.6) is 0 Å². The molecular weight excluding hydrogens is 170 g/mol. The molecule has 12 heavy (non-hydrogen) atoms. The quantitative estimate of drug-likeness (QED) is 0.748. The van der Waals surface area contributed by atoms with Gasteiger partial charge in [-0.15, -0.1) is 5.10 Å². The Balaban J connectivity index is 2.19. The SMILES string of the molecule is CNCC1CCCc2snnc21. The van der Waals surface area contributed by atoms with Gasteiger partial charge in [0.15, 0.2) is 0 Å². The maximum absolute atomic E-state index is 4.19. The van der Waals surface area contributed by atoms with Crippen LogP contribution in [0.1, 0.15) is 29.3 Å². The van der Waals surface area contributed by atoms with Crippen molar-refractivity contribution < 1.29 is 0 Å². The Labute approximate surface area is 76.4 Å². The van der Waals surface area contributed by atoms with E-state index in [4.69, 9.17) is 0 Å². The summed E-state index contributed by atoms with van der Waals surface area (Å²) in [4.78, 5) is 1.40. The molecule has 0 aliphatic heterocycles. The Morgan fingerprint density at radius 3 is 3.42 bits per heavy atom. The number of fused-ring (bicyclic) bond motifs is 1. The van der Waals surface area contributed by atoms with Crippen LogP contribution in [0.15, 0.2) is 0 Å². The second-order valence-corrected chi connectivity index (χ2v) is 4.07. The van der Waals surface area contributed by atoms with E-state index in [0.29, 0.717) is 5.92 Å². The topological polar surface area (TPSA) is 37.8 Å². The lowest BCUT2D eigenvalue weighted by molar-refractivity contribution is 0.520. The summed E-state index contributed by atoms with van der Waals surface area (Å²) in [5.74, 6) is 0.609. The highest BCUT2D eigenvalue weighted by molar-refractivity contribution is 7.05. The summed E-state index contributed by atoms with van der Waals surface area (Å²) in [7, 11) is 1.99. The van der Waals surface area contributed by atoms with E-state index in [0.717, 1.165) is 6.54 Å². The van der Waals surface area contributed by atoms with E-state index < -0.39 is 0 Å². The standard InChI is InChI=1S/C8H13N3S/c1-9-5-6-3-2-4-7-8(6)10-11-12-7/h6,9H,2-5H2,1H3. The molecule has 0 aromatic carbocycles. The van der Waals surface area contributed by atoms with Gasteiger partial charge in [0.2, 0.25) is 0 Å². The van der Waals surface area contributed by atoms with Crippen molar-refractivity contribution in [3.63, 3.8) is 0 Å². The van der Waals surface area contributed by atoms with E-state index in [9.17, 15) is 0 Å². The van der Waals surface area contributed by atoms with Crippen molar-refractivity contribution in [2.75, 3.05) is 13.6 Å². The zero-order valence-corrected chi connectivity index (χ0v) is 8.02. The maximum atomic E-state index is 4.19. The third kappa shape index (κ3) is 1.36. The van der Waals surface area contributed by atoms with E-state index in [1.807, 2.05) is 7.05 Å². The molecule has 1 heterocycles. The minimum atomic E-state index is 0.609. The van der Waals surface area contributed by atoms with Crippen LogP contribution in [0.25, 0.3) is 0 Å². The van der Waals surface area contributed by atoms with E-state index in [1.54, 1.807) is 11.5 Å². The number of aryl methyl sites for hydroxylation is 1. The van der Waals surface area contributed by atoms with Crippen molar-refractivity contribution >= 4 is 11.5 Å². The van der Waals surface area contributed by atoms with Gasteiger partial charge in [0.25, 0.3) is 0 Å². The lowest BCUT2D eigenvalue weighted by Gasteiger charge is -2.19. The molecule has 0 radical (unpaired) electrons. The third-order valence-electron chi connectivity index (χ3n) is 2.38. The number of aromatic nitrogens is 2. The number of nitrogens with one attached hydrogen (secondary N) is 1. The first kappa shape index (κ1) is 8.13. The molecule has 0 bridgehead atoms. The molecular formula is C8H13N3S. The van der Waals surface area contributed by atoms with Gasteiger partial charge in [0.1, 0.15) is 0 Å². The van der Waals surface area contributed by atoms with Crippen molar-refractivity contribution in [1.29, 1.82) is 0 Å². The first-order valence-electron chi connectivity index (χ1n) is 4.37. The molecule has 4 heteroatoms. The predicted molar refractivity (Wildman–Crippen MR) is 49.5 cm³/mol. The molecule has 0 saturated carbocycles. The highest BCUT2D eigenvalue weighted by atomic mass is 32.1. The van der Waals surface area contributed by atoms with Gasteiger partial charge in [-0.25, -0.2) is 0 Å². The minimum absolute atomic E-state index is 0.609. The molecule has 1 aromatic rings. The second-order valence-electron chi connectivity index (χ2n) is 3.23. The lowest BCUT2D eigenvalue weighted by atomic mass is 9.91. The van der Waals surface area contributed by atoms with Gasteiger partial charge in [-0.05, 0) is 37.8 Å². The van der Waals surface area contributed by atoms with Gasteiger partial charge in [0, 0.05) is 17.3 Å². The van der Waals surface area contributed by atoms with Crippen LogP contribution in [-0.4, -0.2) is 23.2 Å². The Kier molecular flexibility index (Phi) is 2.37. The Hall–Kier alpha value is -0.480. The van der Waals surface area contributed by atoms with Crippen LogP contribution in [0, 0.1) is 0 Å². The molecule has 66 valence electrons. The fraction of sp³-hybridized carbons (Fsp3) is 0.750. The van der Waals surface area contributed by atoms with E-state index in [1.165, 1.54) is 29.8 Å². The van der Waals surface area contributed by atoms with Gasteiger partial charge in [-0.3, -0.25) is 0 Å². The van der Waals surface area contributed by atoms with Gasteiger partial charge in [-0.2, -0.15) is 0 Å². The number of likely N-dealkylation sites (N-methyl/N-ethyl adjacent to an activating group) is 1. The summed E-state index contributed by atoms with van der Waals surface area (Å²) >= 11 is 1.57. The average Bonchev–Trinajstić information content (AvgIpc) is 2.53. The summed E-state index contributed by atoms with van der Waals surface area (Å²) in [5, 5.41) is 7.39. The van der Waals surface area contributed by atoms with Crippen LogP contribution in [0.4, 0.5) is 0 Å². The van der Waals surface area contributed by atoms with Crippen LogP contribution in [0.3, 0.4) is 0 Å². The van der Waals surface area contributed by atoms with Crippen molar-refractivity contribution in [3.05, 3.63) is 10.6 Å². The highest BCUT2D eigenvalue weighted by Crippen LogP contribution is 2.30. The molecule has 1 unspecified atom stereocenters. The molecule has 1 atom stereocenters. The van der Waals surface area contributed by atoms with E-state index >= 15 is 0 Å². The van der Waals surface area contributed by atoms with Crippen molar-refractivity contribution in [1.82, 2.24) is 14.9 Å². The number of rotatable bonds is 2. The molecule has 0 fully saturated rings. The average molecular weight is 183 g/mol. The zero-order valence-electron chi connectivity index (χ0n) is 7.21. The first-order chi connectivity index (χ1) is 5.92. The molecule has 2 rings (SSSR count). The summed E-state index contributed by atoms with van der Waals surface area (Å²) in [6.45, 7) is 1.04. The maximum Gasteiger partial charge on any atom is 0.0831 e. The Bertz CT molecular complexity index is 259. The van der Waals surface area contributed by atoms with Gasteiger partial charge < -0.3 is 5.32 Å². The molecule has 0 saturated heterocycles. The minimum Gasteiger partial charge on any atom is -0.319 e. The summed E-state index contributed by atoms with van der Waals surface area (Å²) < 4.78 is 4.00. The second kappa shape index (κ2) is 3.49. The van der Waals surface area contributed by atoms with Crippen LogP contribution in [0.2, 0.25) is 0 Å². The Morgan fingerprint density at radius 2 is 2.58 bits per heavy atom. The number of hydrogen-bond donors (Lipinski definition) is 1. The van der Waals surface area contributed by atoms with Crippen molar-refractivity contribution in [2.24, 2.45) is 0 Å². The molecule has 1 aliphatic rings. The first-order valence-corrected chi connectivity index (χ1v) is 5.15. The monoisotopic (exact) mass is 183 g/mol. The van der Waals surface area contributed by atoms with Gasteiger partial charge in [0.05, 0.1) is 5.69 Å². The fourth-order valence-electron chi connectivity index (χ4n) is 1.79. The largest absolute Gasteiger partial charge is 0.319 e. The molecule has 1 aromatic heterocycles. The lowest BCUT2D eigenvalue weighted by Crippen LogP contribution is -2.20. The van der Waals surface area contributed by atoms with Crippen LogP contribution in [-0.2, 0) is 6.42 Å². The third-order valence-corrected chi connectivity index (χ3v) is 3.18. The summed E-state index contributed by atoms with van der Waals surface area (Å²) in [6, 6.07) is 0. The smallest absolute Gasteiger partial charge is 0.0831 e. The zero-order chi connectivity index (χ0) is 8.39. The molecule has 0 spiro atoms. The Morgan fingerprint density at radius 1 is 1.67 bits per heavy atom. The highest BCUT2D eigenvalue weighted by Gasteiger charge is 2.22. The fourth-order valence-corrected chi connectivity index (χ4v) is 2.55. The number of nitrogens with zero attached hydrogens (tertiary/aromatic N) is 2. The van der Waals surface area contributed by atoms with Crippen LogP contribution >= 0.6 is 11.5 Å². The summed E-state index contributed by atoms with van der Waals surface area (Å²) in [6.07, 6.45) is 3.75. The molecule has 1 aliphatic carbocycles. The normalized spacial score (nSPS) is 22.2. The van der Waals surface area contributed by atoms with Gasteiger partial charge >= 0.3 is 0 Å². The van der Waals surface area contributed by atoms with Crippen LogP contribution < -0.4 is 5.32 Å². The van der Waals surface area contributed by atoms with E-state index in [-0.39, 0.29) is 0 Å². The molecule has 3 nitrogen and oxygen atoms in total. The summed E-state index contributed by atoms with van der Waals surface area (Å²) in [5.41, 5.74) is 1.25. The van der Waals surface area contributed by atoms with Crippen molar-refractivity contribution in [2.45, 2.75) is 25.2 Å². The van der Waals surface area contributed by atoms with Gasteiger partial charge in [-0.1, -0.05) is 4.49 Å². The predicted octanol–water partition coefficient (Wildman–Crippen LogP) is 1.18. The van der Waals surface area contributed by atoms with Crippen molar-refractivity contribution in [3.8, 4) is 0 Å². The molecule has 0 amide bonds. The van der Waals surface area contributed by atoms with E-state index in [2.05, 4.69) is 14.9 Å². The number of hydrogen-bond acceptors (Lipinski definition) is 4. The molecule has 1 N–H and O–H groups in total.